The summed E-state index contributed by atoms with van der Waals surface area (Å²) in [6, 6.07) is 14.0. The number of hydrogen-bond acceptors (Lipinski definition) is 4. The molecule has 2 N–H and O–H groups in total. The number of amides is 1. The Labute approximate surface area is 206 Å². The fourth-order valence-electron chi connectivity index (χ4n) is 4.52. The summed E-state index contributed by atoms with van der Waals surface area (Å²) < 4.78 is 20.4. The summed E-state index contributed by atoms with van der Waals surface area (Å²) in [5, 5.41) is 12.7. The molecule has 2 aromatic carbocycles. The molecule has 0 radical (unpaired) electrons. The van der Waals surface area contributed by atoms with Crippen LogP contribution in [0.3, 0.4) is 0 Å². The molecule has 1 saturated carbocycles. The standard InChI is InChI=1S/C29H33FN2O3/c1-20-11-12-21(16-26(20)30)18-32-29(34)25-17-22(28-23(19-33)8-7-15-31-28)13-14-27(25)35-24-9-5-3-2-4-6-10-24/h7-8,11-17,24,33H,2-6,9-10,18-19H2,1H3,(H,32,34). The molecule has 0 aliphatic heterocycles. The van der Waals surface area contributed by atoms with Gasteiger partial charge in [0.2, 0.25) is 0 Å². The van der Waals surface area contributed by atoms with Crippen LogP contribution in [0, 0.1) is 12.7 Å². The second kappa shape index (κ2) is 11.9. The molecular weight excluding hydrogens is 443 g/mol. The molecule has 1 aliphatic carbocycles. The van der Waals surface area contributed by atoms with Crippen LogP contribution in [0.15, 0.2) is 54.7 Å². The van der Waals surface area contributed by atoms with Crippen molar-refractivity contribution >= 4 is 5.91 Å². The Morgan fingerprint density at radius 3 is 2.60 bits per heavy atom. The van der Waals surface area contributed by atoms with Gasteiger partial charge in [-0.25, -0.2) is 4.39 Å². The van der Waals surface area contributed by atoms with E-state index in [-0.39, 0.29) is 31.0 Å². The highest BCUT2D eigenvalue weighted by Gasteiger charge is 2.20. The first-order valence-electron chi connectivity index (χ1n) is 12.4. The van der Waals surface area contributed by atoms with Crippen LogP contribution in [-0.4, -0.2) is 22.1 Å². The zero-order valence-electron chi connectivity index (χ0n) is 20.2. The lowest BCUT2D eigenvalue weighted by Crippen LogP contribution is -2.25. The number of ether oxygens (including phenoxy) is 1. The number of carbonyl (C=O) groups excluding carboxylic acids is 1. The maximum absolute atomic E-state index is 14.0. The van der Waals surface area contributed by atoms with Gasteiger partial charge in [-0.3, -0.25) is 9.78 Å². The summed E-state index contributed by atoms with van der Waals surface area (Å²) in [7, 11) is 0. The van der Waals surface area contributed by atoms with Crippen molar-refractivity contribution in [1.82, 2.24) is 10.3 Å². The van der Waals surface area contributed by atoms with E-state index in [2.05, 4.69) is 10.3 Å². The first kappa shape index (κ1) is 24.9. The minimum absolute atomic E-state index is 0.0711. The van der Waals surface area contributed by atoms with Gasteiger partial charge in [0.05, 0.1) is 24.0 Å². The van der Waals surface area contributed by atoms with Gasteiger partial charge >= 0.3 is 0 Å². The molecule has 0 atom stereocenters. The molecule has 5 nitrogen and oxygen atoms in total. The van der Waals surface area contributed by atoms with Crippen LogP contribution in [0.25, 0.3) is 11.3 Å². The predicted octanol–water partition coefficient (Wildman–Crippen LogP) is 6.11. The van der Waals surface area contributed by atoms with E-state index in [1.807, 2.05) is 24.3 Å². The van der Waals surface area contributed by atoms with Crippen LogP contribution >= 0.6 is 0 Å². The van der Waals surface area contributed by atoms with Crippen LogP contribution in [0.1, 0.15) is 72.0 Å². The molecule has 1 heterocycles. The van der Waals surface area contributed by atoms with Gasteiger partial charge in [0.25, 0.3) is 5.91 Å². The molecule has 4 rings (SSSR count). The number of aliphatic hydroxyl groups is 1. The van der Waals surface area contributed by atoms with Crippen molar-refractivity contribution in [2.45, 2.75) is 71.1 Å². The summed E-state index contributed by atoms with van der Waals surface area (Å²) in [5.41, 5.74) is 3.70. The molecule has 0 saturated heterocycles. The second-order valence-corrected chi connectivity index (χ2v) is 9.23. The minimum atomic E-state index is -0.296. The van der Waals surface area contributed by atoms with Gasteiger partial charge < -0.3 is 15.2 Å². The highest BCUT2D eigenvalue weighted by molar-refractivity contribution is 5.98. The van der Waals surface area contributed by atoms with Crippen molar-refractivity contribution in [3.05, 3.63) is 82.8 Å². The first-order valence-corrected chi connectivity index (χ1v) is 12.4. The molecule has 3 aromatic rings. The average Bonchev–Trinajstić information content (AvgIpc) is 2.86. The first-order chi connectivity index (χ1) is 17.0. The topological polar surface area (TPSA) is 71.5 Å². The van der Waals surface area contributed by atoms with Crippen molar-refractivity contribution in [2.24, 2.45) is 0 Å². The zero-order valence-corrected chi connectivity index (χ0v) is 20.2. The average molecular weight is 477 g/mol. The maximum atomic E-state index is 14.0. The number of aromatic nitrogens is 1. The van der Waals surface area contributed by atoms with E-state index in [9.17, 15) is 14.3 Å². The van der Waals surface area contributed by atoms with Crippen molar-refractivity contribution < 1.29 is 19.0 Å². The summed E-state index contributed by atoms with van der Waals surface area (Å²) in [6.07, 6.45) is 9.62. The van der Waals surface area contributed by atoms with E-state index < -0.39 is 0 Å². The van der Waals surface area contributed by atoms with Crippen LogP contribution in [0.4, 0.5) is 4.39 Å². The van der Waals surface area contributed by atoms with Crippen LogP contribution in [0.2, 0.25) is 0 Å². The van der Waals surface area contributed by atoms with E-state index in [1.54, 1.807) is 31.3 Å². The Bertz CT molecular complexity index is 1160. The van der Waals surface area contributed by atoms with Gasteiger partial charge in [-0.1, -0.05) is 37.5 Å². The van der Waals surface area contributed by atoms with Crippen molar-refractivity contribution in [2.75, 3.05) is 0 Å². The largest absolute Gasteiger partial charge is 0.490 e. The number of aryl methyl sites for hydroxylation is 1. The van der Waals surface area contributed by atoms with Crippen molar-refractivity contribution in [3.8, 4) is 17.0 Å². The Balaban J connectivity index is 1.61. The molecule has 0 spiro atoms. The number of carbonyl (C=O) groups is 1. The van der Waals surface area contributed by atoms with Crippen LogP contribution in [-0.2, 0) is 13.2 Å². The number of nitrogens with zero attached hydrogens (tertiary/aromatic N) is 1. The number of nitrogens with one attached hydrogen (secondary N) is 1. The smallest absolute Gasteiger partial charge is 0.255 e. The number of hydrogen-bond donors (Lipinski definition) is 2. The summed E-state index contributed by atoms with van der Waals surface area (Å²) in [4.78, 5) is 17.8. The number of rotatable bonds is 7. The Morgan fingerprint density at radius 2 is 1.86 bits per heavy atom. The van der Waals surface area contributed by atoms with Gasteiger partial charge in [-0.2, -0.15) is 0 Å². The van der Waals surface area contributed by atoms with Crippen molar-refractivity contribution in [3.63, 3.8) is 0 Å². The Kier molecular flexibility index (Phi) is 8.48. The summed E-state index contributed by atoms with van der Waals surface area (Å²) >= 11 is 0. The van der Waals surface area contributed by atoms with E-state index >= 15 is 0 Å². The molecular formula is C29H33FN2O3. The second-order valence-electron chi connectivity index (χ2n) is 9.23. The van der Waals surface area contributed by atoms with Crippen LogP contribution < -0.4 is 10.1 Å². The van der Waals surface area contributed by atoms with Gasteiger partial charge in [-0.15, -0.1) is 0 Å². The Hall–Kier alpha value is -3.25. The normalized spacial score (nSPS) is 14.7. The van der Waals surface area contributed by atoms with Gasteiger partial charge in [-0.05, 0) is 74.1 Å². The molecule has 1 aromatic heterocycles. The van der Waals surface area contributed by atoms with Crippen LogP contribution in [0.5, 0.6) is 5.75 Å². The quantitative estimate of drug-likeness (QED) is 0.432. The third kappa shape index (κ3) is 6.45. The van der Waals surface area contributed by atoms with E-state index in [0.717, 1.165) is 31.2 Å². The van der Waals surface area contributed by atoms with E-state index in [4.69, 9.17) is 4.74 Å². The number of halogens is 1. The molecule has 1 amide bonds. The highest BCUT2D eigenvalue weighted by atomic mass is 19.1. The predicted molar refractivity (Wildman–Crippen MR) is 135 cm³/mol. The lowest BCUT2D eigenvalue weighted by Gasteiger charge is -2.23. The molecule has 184 valence electrons. The lowest BCUT2D eigenvalue weighted by atomic mass is 9.98. The van der Waals surface area contributed by atoms with Gasteiger partial charge in [0, 0.05) is 23.9 Å². The fraction of sp³-hybridized carbons (Fsp3) is 0.379. The molecule has 1 aliphatic rings. The Morgan fingerprint density at radius 1 is 1.09 bits per heavy atom. The number of benzene rings is 2. The summed E-state index contributed by atoms with van der Waals surface area (Å²) in [5.74, 6) is -0.0534. The number of pyridine rings is 1. The van der Waals surface area contributed by atoms with Gasteiger partial charge in [0.15, 0.2) is 0 Å². The fourth-order valence-corrected chi connectivity index (χ4v) is 4.52. The molecule has 1 fully saturated rings. The molecule has 0 unspecified atom stereocenters. The SMILES string of the molecule is Cc1ccc(CNC(=O)c2cc(-c3ncccc3CO)ccc2OC2CCCCCCC2)cc1F. The monoisotopic (exact) mass is 476 g/mol. The van der Waals surface area contributed by atoms with Gasteiger partial charge in [0.1, 0.15) is 11.6 Å². The third-order valence-electron chi connectivity index (χ3n) is 6.59. The number of aliphatic hydroxyl groups excluding tert-OH is 1. The van der Waals surface area contributed by atoms with Crippen molar-refractivity contribution in [1.29, 1.82) is 0 Å². The van der Waals surface area contributed by atoms with E-state index in [0.29, 0.717) is 33.7 Å². The molecule has 6 heteroatoms. The minimum Gasteiger partial charge on any atom is -0.490 e. The molecule has 35 heavy (non-hydrogen) atoms. The van der Waals surface area contributed by atoms with E-state index in [1.165, 1.54) is 25.3 Å². The zero-order chi connectivity index (χ0) is 24.6. The molecule has 0 bridgehead atoms. The maximum Gasteiger partial charge on any atom is 0.255 e. The highest BCUT2D eigenvalue weighted by Crippen LogP contribution is 2.30. The summed E-state index contributed by atoms with van der Waals surface area (Å²) in [6.45, 7) is 1.76. The lowest BCUT2D eigenvalue weighted by molar-refractivity contribution is 0.0940. The third-order valence-corrected chi connectivity index (χ3v) is 6.59.